The normalized spacial score (nSPS) is 35.0. The van der Waals surface area contributed by atoms with E-state index < -0.39 is 8.07 Å². The van der Waals surface area contributed by atoms with E-state index in [4.69, 9.17) is 4.18 Å². The molecular weight excluding hydrogens is 184 g/mol. The molecule has 0 saturated carbocycles. The minimum absolute atomic E-state index is 0.299. The zero-order chi connectivity index (χ0) is 9.19. The van der Waals surface area contributed by atoms with Crippen molar-refractivity contribution in [1.29, 1.82) is 0 Å². The molecule has 72 valence electrons. The lowest BCUT2D eigenvalue weighted by Crippen LogP contribution is -2.42. The topological polar surface area (TPSA) is 9.23 Å². The monoisotopic (exact) mass is 205 g/mol. The zero-order valence-electron chi connectivity index (χ0n) is 8.72. The highest BCUT2D eigenvalue weighted by Crippen LogP contribution is 2.30. The molecule has 12 heavy (non-hydrogen) atoms. The third-order valence-electron chi connectivity index (χ3n) is 2.54. The van der Waals surface area contributed by atoms with E-state index in [1.54, 1.807) is 0 Å². The van der Waals surface area contributed by atoms with Crippen molar-refractivity contribution in [2.45, 2.75) is 44.3 Å². The van der Waals surface area contributed by atoms with Crippen LogP contribution in [0.15, 0.2) is 0 Å². The summed E-state index contributed by atoms with van der Waals surface area (Å²) in [7, 11) is -0.797. The molecule has 1 heterocycles. The van der Waals surface area contributed by atoms with Crippen LogP contribution in [0.3, 0.4) is 0 Å². The van der Waals surface area contributed by atoms with Crippen molar-refractivity contribution < 1.29 is 4.18 Å². The van der Waals surface area contributed by atoms with Gasteiger partial charge in [0.15, 0.2) is 0 Å². The molecule has 0 spiro atoms. The molecule has 2 unspecified atom stereocenters. The Kier molecular flexibility index (Phi) is 3.68. The second kappa shape index (κ2) is 4.16. The second-order valence-electron chi connectivity index (χ2n) is 4.42. The molecule has 0 aromatic heterocycles. The molecule has 0 radical (unpaired) electrons. The Morgan fingerprint density at radius 1 is 1.50 bits per heavy atom. The van der Waals surface area contributed by atoms with Gasteiger partial charge in [-0.3, -0.25) is 0 Å². The minimum Gasteiger partial charge on any atom is -0.174 e. The lowest BCUT2D eigenvalue weighted by atomic mass is 10.6. The third kappa shape index (κ3) is 2.78. The van der Waals surface area contributed by atoms with Crippen LogP contribution in [0.1, 0.15) is 13.8 Å². The van der Waals surface area contributed by atoms with Crippen LogP contribution in [-0.4, -0.2) is 25.7 Å². The fraction of sp³-hybridized carbons (Fsp3) is 1.00. The summed E-state index contributed by atoms with van der Waals surface area (Å²) in [6.45, 7) is 10.4. The first-order valence-electron chi connectivity index (χ1n) is 4.88. The first kappa shape index (κ1) is 10.6. The van der Waals surface area contributed by atoms with Crippen molar-refractivity contribution in [2.75, 3.05) is 12.4 Å². The highest BCUT2D eigenvalue weighted by molar-refractivity contribution is 7.93. The second-order valence-corrected chi connectivity index (χ2v) is 11.9. The molecule has 0 aromatic rings. The molecule has 1 aliphatic rings. The van der Waals surface area contributed by atoms with Gasteiger partial charge in [-0.05, 0) is 25.9 Å². The summed E-state index contributed by atoms with van der Waals surface area (Å²) in [5.41, 5.74) is 0. The van der Waals surface area contributed by atoms with Crippen LogP contribution >= 0.6 is 0 Å². The molecule has 2 atom stereocenters. The summed E-state index contributed by atoms with van der Waals surface area (Å²) in [6, 6.07) is 2.94. The molecule has 0 N–H and O–H groups in total. The highest BCUT2D eigenvalue weighted by atomic mass is 32.2. The summed E-state index contributed by atoms with van der Waals surface area (Å²) in [5.74, 6) is 1.34. The van der Waals surface area contributed by atoms with E-state index in [0.29, 0.717) is 11.2 Å². The van der Waals surface area contributed by atoms with Gasteiger partial charge >= 0.3 is 0 Å². The standard InChI is InChI=1S/C9H21OSSi/c1-5-10-11-6-7-12(3,4)8-9(11)2/h9H,5-8H2,1-4H3/q+1. The molecule has 0 aromatic carbocycles. The van der Waals surface area contributed by atoms with Gasteiger partial charge in [0.2, 0.25) is 0 Å². The van der Waals surface area contributed by atoms with Crippen molar-refractivity contribution in [2.24, 2.45) is 0 Å². The number of hydrogen-bond donors (Lipinski definition) is 0. The molecule has 1 aliphatic heterocycles. The Labute approximate surface area is 80.4 Å². The van der Waals surface area contributed by atoms with Gasteiger partial charge in [-0.15, -0.1) is 0 Å². The predicted octanol–water partition coefficient (Wildman–Crippen LogP) is 2.67. The SMILES string of the molecule is CCO[S+]1CC[Si](C)(C)CC1C. The minimum atomic E-state index is -0.797. The van der Waals surface area contributed by atoms with Gasteiger partial charge in [0.1, 0.15) is 28.8 Å². The average molecular weight is 205 g/mol. The largest absolute Gasteiger partial charge is 0.174 e. The molecule has 0 bridgehead atoms. The Balaban J connectivity index is 2.42. The van der Waals surface area contributed by atoms with E-state index in [2.05, 4.69) is 26.9 Å². The maximum Gasteiger partial charge on any atom is 0.149 e. The van der Waals surface area contributed by atoms with Crippen molar-refractivity contribution in [1.82, 2.24) is 0 Å². The molecule has 1 fully saturated rings. The van der Waals surface area contributed by atoms with E-state index in [1.807, 2.05) is 0 Å². The first-order chi connectivity index (χ1) is 5.55. The van der Waals surface area contributed by atoms with Crippen molar-refractivity contribution in [3.63, 3.8) is 0 Å². The zero-order valence-corrected chi connectivity index (χ0v) is 10.5. The van der Waals surface area contributed by atoms with Crippen LogP contribution in [0.5, 0.6) is 0 Å². The third-order valence-corrected chi connectivity index (χ3v) is 8.73. The lowest BCUT2D eigenvalue weighted by Gasteiger charge is -2.29. The van der Waals surface area contributed by atoms with E-state index in [0.717, 1.165) is 11.9 Å². The lowest BCUT2D eigenvalue weighted by molar-refractivity contribution is 0.383. The van der Waals surface area contributed by atoms with Crippen LogP contribution in [0.4, 0.5) is 0 Å². The summed E-state index contributed by atoms with van der Waals surface area (Å²) in [5, 5.41) is 0.834. The molecule has 0 aliphatic carbocycles. The van der Waals surface area contributed by atoms with Gasteiger partial charge in [-0.2, -0.15) is 4.18 Å². The van der Waals surface area contributed by atoms with E-state index >= 15 is 0 Å². The predicted molar refractivity (Wildman–Crippen MR) is 60.4 cm³/mol. The molecule has 0 amide bonds. The Morgan fingerprint density at radius 2 is 2.17 bits per heavy atom. The van der Waals surface area contributed by atoms with Crippen LogP contribution in [0.25, 0.3) is 0 Å². The van der Waals surface area contributed by atoms with Crippen LogP contribution < -0.4 is 0 Å². The van der Waals surface area contributed by atoms with Crippen molar-refractivity contribution in [3.05, 3.63) is 0 Å². The Bertz CT molecular complexity index is 149. The fourth-order valence-electron chi connectivity index (χ4n) is 1.88. The van der Waals surface area contributed by atoms with Gasteiger partial charge in [0.05, 0.1) is 8.07 Å². The summed E-state index contributed by atoms with van der Waals surface area (Å²) in [4.78, 5) is 0. The highest BCUT2D eigenvalue weighted by Gasteiger charge is 2.41. The van der Waals surface area contributed by atoms with E-state index in [9.17, 15) is 0 Å². The number of hydrogen-bond acceptors (Lipinski definition) is 1. The van der Waals surface area contributed by atoms with E-state index in [-0.39, 0.29) is 0 Å². The van der Waals surface area contributed by atoms with Crippen LogP contribution in [-0.2, 0) is 15.4 Å². The van der Waals surface area contributed by atoms with Crippen LogP contribution in [0, 0.1) is 0 Å². The number of rotatable bonds is 2. The maximum atomic E-state index is 5.74. The summed E-state index contributed by atoms with van der Waals surface area (Å²) >= 11 is 0.299. The molecular formula is C9H21OSSi+. The summed E-state index contributed by atoms with van der Waals surface area (Å²) < 4.78 is 5.74. The Morgan fingerprint density at radius 3 is 2.67 bits per heavy atom. The van der Waals surface area contributed by atoms with Gasteiger partial charge in [0.25, 0.3) is 0 Å². The van der Waals surface area contributed by atoms with Crippen LogP contribution in [0.2, 0.25) is 25.2 Å². The maximum absolute atomic E-state index is 5.74. The molecule has 1 saturated heterocycles. The average Bonchev–Trinajstić information content (AvgIpc) is 1.94. The quantitative estimate of drug-likeness (QED) is 0.497. The van der Waals surface area contributed by atoms with Gasteiger partial charge in [-0.1, -0.05) is 13.1 Å². The van der Waals surface area contributed by atoms with Gasteiger partial charge < -0.3 is 0 Å². The van der Waals surface area contributed by atoms with Gasteiger partial charge in [0, 0.05) is 0 Å². The van der Waals surface area contributed by atoms with Crippen molar-refractivity contribution >= 4 is 19.2 Å². The van der Waals surface area contributed by atoms with Crippen molar-refractivity contribution in [3.8, 4) is 0 Å². The Hall–Kier alpha value is 0.527. The molecule has 1 nitrogen and oxygen atoms in total. The fourth-order valence-corrected chi connectivity index (χ4v) is 9.81. The van der Waals surface area contributed by atoms with E-state index in [1.165, 1.54) is 17.8 Å². The smallest absolute Gasteiger partial charge is 0.149 e. The molecule has 1 rings (SSSR count). The first-order valence-corrected chi connectivity index (χ1v) is 9.68. The summed E-state index contributed by atoms with van der Waals surface area (Å²) in [6.07, 6.45) is 0. The molecule has 3 heteroatoms. The van der Waals surface area contributed by atoms with Gasteiger partial charge in [-0.25, -0.2) is 0 Å².